The topological polar surface area (TPSA) is 41.7 Å². The van der Waals surface area contributed by atoms with Gasteiger partial charge in [-0.3, -0.25) is 4.90 Å². The number of ether oxygens (including phenoxy) is 1. The molecule has 0 radical (unpaired) electrons. The van der Waals surface area contributed by atoms with Gasteiger partial charge in [-0.1, -0.05) is 0 Å². The van der Waals surface area contributed by atoms with Crippen LogP contribution in [-0.2, 0) is 4.74 Å². The Bertz CT molecular complexity index is 258. The Morgan fingerprint density at radius 3 is 2.84 bits per heavy atom. The van der Waals surface area contributed by atoms with Crippen molar-refractivity contribution >= 4 is 0 Å². The van der Waals surface area contributed by atoms with Crippen LogP contribution in [0.1, 0.15) is 33.1 Å². The first-order chi connectivity index (χ1) is 9.19. The molecule has 2 saturated heterocycles. The molecule has 0 aliphatic carbocycles. The first-order valence-electron chi connectivity index (χ1n) is 7.97. The Labute approximate surface area is 118 Å². The molecule has 0 aromatic heterocycles. The van der Waals surface area contributed by atoms with Crippen molar-refractivity contribution in [1.29, 1.82) is 0 Å². The van der Waals surface area contributed by atoms with Gasteiger partial charge in [0, 0.05) is 32.2 Å². The smallest absolute Gasteiger partial charge is 0.0829 e. The van der Waals surface area contributed by atoms with Crippen molar-refractivity contribution in [3.05, 3.63) is 0 Å². The van der Waals surface area contributed by atoms with Crippen LogP contribution in [0.25, 0.3) is 0 Å². The van der Waals surface area contributed by atoms with Crippen molar-refractivity contribution < 1.29 is 4.74 Å². The summed E-state index contributed by atoms with van der Waals surface area (Å²) in [5, 5.41) is 0. The lowest BCUT2D eigenvalue weighted by atomic mass is 9.94. The normalized spacial score (nSPS) is 30.9. The van der Waals surface area contributed by atoms with Gasteiger partial charge in [0.25, 0.3) is 0 Å². The maximum Gasteiger partial charge on any atom is 0.0829 e. The van der Waals surface area contributed by atoms with Gasteiger partial charge in [0.1, 0.15) is 0 Å². The highest BCUT2D eigenvalue weighted by Crippen LogP contribution is 2.20. The Morgan fingerprint density at radius 1 is 1.26 bits per heavy atom. The SMILES string of the molecule is CC(C)N1CCOC(CN2CCCC(CCN)C2)C1. The monoisotopic (exact) mass is 269 g/mol. The van der Waals surface area contributed by atoms with Crippen molar-refractivity contribution in [3.8, 4) is 0 Å². The molecule has 2 fully saturated rings. The zero-order valence-corrected chi connectivity index (χ0v) is 12.7. The summed E-state index contributed by atoms with van der Waals surface area (Å²) in [6, 6.07) is 0.637. The number of hydrogen-bond donors (Lipinski definition) is 1. The second-order valence-corrected chi connectivity index (χ2v) is 6.43. The van der Waals surface area contributed by atoms with Crippen LogP contribution in [0.2, 0.25) is 0 Å². The van der Waals surface area contributed by atoms with Gasteiger partial charge in [0.05, 0.1) is 12.7 Å². The van der Waals surface area contributed by atoms with E-state index in [0.29, 0.717) is 12.1 Å². The molecule has 2 aliphatic rings. The van der Waals surface area contributed by atoms with E-state index in [4.69, 9.17) is 10.5 Å². The molecule has 0 aromatic carbocycles. The van der Waals surface area contributed by atoms with Crippen molar-refractivity contribution in [2.75, 3.05) is 45.9 Å². The van der Waals surface area contributed by atoms with E-state index < -0.39 is 0 Å². The summed E-state index contributed by atoms with van der Waals surface area (Å²) in [5.74, 6) is 0.809. The molecule has 0 aromatic rings. The number of hydrogen-bond acceptors (Lipinski definition) is 4. The van der Waals surface area contributed by atoms with Gasteiger partial charge in [-0.25, -0.2) is 0 Å². The van der Waals surface area contributed by atoms with Crippen LogP contribution in [0.3, 0.4) is 0 Å². The van der Waals surface area contributed by atoms with E-state index in [1.165, 1.54) is 32.4 Å². The van der Waals surface area contributed by atoms with Gasteiger partial charge in [0.2, 0.25) is 0 Å². The van der Waals surface area contributed by atoms with Gasteiger partial charge < -0.3 is 15.4 Å². The van der Waals surface area contributed by atoms with Crippen molar-refractivity contribution in [1.82, 2.24) is 9.80 Å². The molecular weight excluding hydrogens is 238 g/mol. The fourth-order valence-corrected chi connectivity index (χ4v) is 3.40. The summed E-state index contributed by atoms with van der Waals surface area (Å²) in [6.07, 6.45) is 4.26. The molecule has 112 valence electrons. The van der Waals surface area contributed by atoms with Gasteiger partial charge in [-0.05, 0) is 52.1 Å². The lowest BCUT2D eigenvalue weighted by Crippen LogP contribution is -2.51. The number of morpholine rings is 1. The highest BCUT2D eigenvalue weighted by molar-refractivity contribution is 4.80. The number of nitrogens with zero attached hydrogens (tertiary/aromatic N) is 2. The molecule has 0 bridgehead atoms. The quantitative estimate of drug-likeness (QED) is 0.813. The molecule has 2 unspecified atom stereocenters. The van der Waals surface area contributed by atoms with Crippen LogP contribution < -0.4 is 5.73 Å². The Balaban J connectivity index is 1.76. The fraction of sp³-hybridized carbons (Fsp3) is 1.00. The molecule has 2 heterocycles. The molecule has 2 N–H and O–H groups in total. The summed E-state index contributed by atoms with van der Waals surface area (Å²) in [5.41, 5.74) is 5.69. The highest BCUT2D eigenvalue weighted by atomic mass is 16.5. The minimum Gasteiger partial charge on any atom is -0.374 e. The Kier molecular flexibility index (Phi) is 6.07. The lowest BCUT2D eigenvalue weighted by molar-refractivity contribution is -0.0560. The zero-order chi connectivity index (χ0) is 13.7. The average Bonchev–Trinajstić information content (AvgIpc) is 2.40. The zero-order valence-electron chi connectivity index (χ0n) is 12.7. The minimum absolute atomic E-state index is 0.396. The van der Waals surface area contributed by atoms with Crippen LogP contribution in [0, 0.1) is 5.92 Å². The van der Waals surface area contributed by atoms with Crippen LogP contribution in [0.4, 0.5) is 0 Å². The summed E-state index contributed by atoms with van der Waals surface area (Å²) in [7, 11) is 0. The van der Waals surface area contributed by atoms with E-state index in [-0.39, 0.29) is 0 Å². The average molecular weight is 269 g/mol. The fourth-order valence-electron chi connectivity index (χ4n) is 3.40. The molecule has 2 rings (SSSR count). The van der Waals surface area contributed by atoms with E-state index in [1.54, 1.807) is 0 Å². The molecule has 2 aliphatic heterocycles. The standard InChI is InChI=1S/C15H31N3O/c1-13(2)18-8-9-19-15(12-18)11-17-7-3-4-14(10-17)5-6-16/h13-15H,3-12,16H2,1-2H3. The van der Waals surface area contributed by atoms with E-state index in [1.807, 2.05) is 0 Å². The lowest BCUT2D eigenvalue weighted by Gasteiger charge is -2.39. The molecule has 4 heteroatoms. The van der Waals surface area contributed by atoms with Gasteiger partial charge in [0.15, 0.2) is 0 Å². The number of nitrogens with two attached hydrogens (primary N) is 1. The predicted molar refractivity (Wildman–Crippen MR) is 79.3 cm³/mol. The van der Waals surface area contributed by atoms with Crippen LogP contribution >= 0.6 is 0 Å². The van der Waals surface area contributed by atoms with Crippen molar-refractivity contribution in [2.45, 2.75) is 45.3 Å². The van der Waals surface area contributed by atoms with Gasteiger partial charge in [-0.15, -0.1) is 0 Å². The van der Waals surface area contributed by atoms with Crippen LogP contribution in [-0.4, -0.2) is 67.8 Å². The first kappa shape index (κ1) is 15.2. The molecule has 0 spiro atoms. The first-order valence-corrected chi connectivity index (χ1v) is 7.97. The third-order valence-electron chi connectivity index (χ3n) is 4.54. The highest BCUT2D eigenvalue weighted by Gasteiger charge is 2.26. The Hall–Kier alpha value is -0.160. The molecule has 0 amide bonds. The number of piperidine rings is 1. The second kappa shape index (κ2) is 7.58. The maximum atomic E-state index is 5.95. The van der Waals surface area contributed by atoms with Crippen molar-refractivity contribution in [2.24, 2.45) is 11.7 Å². The van der Waals surface area contributed by atoms with Gasteiger partial charge in [-0.2, -0.15) is 0 Å². The number of likely N-dealkylation sites (tertiary alicyclic amines) is 1. The molecule has 2 atom stereocenters. The molecule has 4 nitrogen and oxygen atoms in total. The van der Waals surface area contributed by atoms with Crippen molar-refractivity contribution in [3.63, 3.8) is 0 Å². The maximum absolute atomic E-state index is 5.95. The summed E-state index contributed by atoms with van der Waals surface area (Å²) < 4.78 is 5.95. The van der Waals surface area contributed by atoms with E-state index >= 15 is 0 Å². The Morgan fingerprint density at radius 2 is 2.11 bits per heavy atom. The van der Waals surface area contributed by atoms with Crippen LogP contribution in [0.5, 0.6) is 0 Å². The summed E-state index contributed by atoms with van der Waals surface area (Å²) in [4.78, 5) is 5.13. The third-order valence-corrected chi connectivity index (χ3v) is 4.54. The summed E-state index contributed by atoms with van der Waals surface area (Å²) >= 11 is 0. The predicted octanol–water partition coefficient (Wildman–Crippen LogP) is 1.16. The second-order valence-electron chi connectivity index (χ2n) is 6.43. The molecule has 19 heavy (non-hydrogen) atoms. The van der Waals surface area contributed by atoms with Crippen LogP contribution in [0.15, 0.2) is 0 Å². The van der Waals surface area contributed by atoms with E-state index in [9.17, 15) is 0 Å². The van der Waals surface area contributed by atoms with E-state index in [2.05, 4.69) is 23.6 Å². The largest absolute Gasteiger partial charge is 0.374 e. The third kappa shape index (κ3) is 4.71. The molecule has 0 saturated carbocycles. The molecular formula is C15H31N3O. The number of rotatable bonds is 5. The van der Waals surface area contributed by atoms with E-state index in [0.717, 1.165) is 38.7 Å². The van der Waals surface area contributed by atoms with Gasteiger partial charge >= 0.3 is 0 Å². The minimum atomic E-state index is 0.396. The summed E-state index contributed by atoms with van der Waals surface area (Å²) in [6.45, 7) is 12.0.